The van der Waals surface area contributed by atoms with Gasteiger partial charge in [-0.2, -0.15) is 0 Å². The van der Waals surface area contributed by atoms with Gasteiger partial charge in [-0.3, -0.25) is 4.79 Å². The van der Waals surface area contributed by atoms with Crippen molar-refractivity contribution in [2.45, 2.75) is 51.4 Å². The maximum absolute atomic E-state index is 11.1. The van der Waals surface area contributed by atoms with Gasteiger partial charge in [-0.1, -0.05) is 32.6 Å². The fourth-order valence-electron chi connectivity index (χ4n) is 2.24. The molecule has 0 radical (unpaired) electrons. The number of benzene rings is 1. The van der Waals surface area contributed by atoms with E-state index in [1.807, 2.05) is 12.1 Å². The summed E-state index contributed by atoms with van der Waals surface area (Å²) in [6.45, 7) is 2.17. The van der Waals surface area contributed by atoms with E-state index in [1.54, 1.807) is 0 Å². The van der Waals surface area contributed by atoms with E-state index >= 15 is 0 Å². The monoisotopic (exact) mass is 502 g/mol. The average molecular weight is 502 g/mol. The molecular weight excluding hydrogens is 482 g/mol. The van der Waals surface area contributed by atoms with Crippen molar-refractivity contribution in [3.63, 3.8) is 0 Å². The molecule has 1 atom stereocenters. The molecule has 1 unspecified atom stereocenters. The first-order chi connectivity index (χ1) is 9.45. The largest absolute Gasteiger partial charge is 0.506 e. The molecule has 5 heteroatoms. The van der Waals surface area contributed by atoms with E-state index in [1.165, 1.54) is 12.8 Å². The lowest BCUT2D eigenvalue weighted by Gasteiger charge is -2.17. The second kappa shape index (κ2) is 9.07. The minimum atomic E-state index is -0.761. The third-order valence-corrected chi connectivity index (χ3v) is 4.98. The van der Waals surface area contributed by atoms with Gasteiger partial charge in [0.2, 0.25) is 0 Å². The van der Waals surface area contributed by atoms with Crippen LogP contribution in [0.25, 0.3) is 0 Å². The predicted molar refractivity (Wildman–Crippen MR) is 97.3 cm³/mol. The van der Waals surface area contributed by atoms with Crippen molar-refractivity contribution in [1.29, 1.82) is 0 Å². The fraction of sp³-hybridized carbons (Fsp3) is 0.533. The predicted octanol–water partition coefficient (Wildman–Crippen LogP) is 5.13. The van der Waals surface area contributed by atoms with E-state index in [-0.39, 0.29) is 18.1 Å². The van der Waals surface area contributed by atoms with Gasteiger partial charge in [-0.25, -0.2) is 0 Å². The van der Waals surface area contributed by atoms with Crippen LogP contribution in [0.2, 0.25) is 0 Å². The number of carbonyl (C=O) groups is 1. The molecule has 0 aliphatic rings. The zero-order chi connectivity index (χ0) is 15.1. The van der Waals surface area contributed by atoms with Gasteiger partial charge in [-0.15, -0.1) is 0 Å². The number of unbranched alkanes of at least 4 members (excludes halogenated alkanes) is 3. The highest BCUT2D eigenvalue weighted by molar-refractivity contribution is 14.1. The molecule has 0 aliphatic carbocycles. The maximum Gasteiger partial charge on any atom is 0.303 e. The van der Waals surface area contributed by atoms with Crippen molar-refractivity contribution < 1.29 is 15.0 Å². The molecule has 20 heavy (non-hydrogen) atoms. The zero-order valence-electron chi connectivity index (χ0n) is 11.5. The van der Waals surface area contributed by atoms with Crippen molar-refractivity contribution in [3.8, 4) is 5.75 Å². The van der Waals surface area contributed by atoms with Gasteiger partial charge in [0.05, 0.1) is 13.6 Å². The molecule has 1 aromatic carbocycles. The number of halogens is 2. The minimum absolute atomic E-state index is 0.0342. The van der Waals surface area contributed by atoms with Gasteiger partial charge < -0.3 is 10.2 Å². The van der Waals surface area contributed by atoms with Crippen molar-refractivity contribution in [3.05, 3.63) is 24.8 Å². The number of aromatic hydroxyl groups is 1. The lowest BCUT2D eigenvalue weighted by Crippen LogP contribution is -2.07. The van der Waals surface area contributed by atoms with E-state index in [2.05, 4.69) is 52.1 Å². The number of hydrogen-bond acceptors (Lipinski definition) is 2. The van der Waals surface area contributed by atoms with Crippen LogP contribution in [0.3, 0.4) is 0 Å². The molecule has 1 aromatic rings. The van der Waals surface area contributed by atoms with Crippen LogP contribution in [0.4, 0.5) is 0 Å². The Morgan fingerprint density at radius 3 is 2.30 bits per heavy atom. The molecule has 3 nitrogen and oxygen atoms in total. The third-order valence-electron chi connectivity index (χ3n) is 3.34. The number of aliphatic carboxylic acids is 1. The summed E-state index contributed by atoms with van der Waals surface area (Å²) in [4.78, 5) is 11.1. The van der Waals surface area contributed by atoms with E-state index in [4.69, 9.17) is 5.11 Å². The summed E-state index contributed by atoms with van der Waals surface area (Å²) in [7, 11) is 0. The van der Waals surface area contributed by atoms with Gasteiger partial charge in [0.25, 0.3) is 0 Å². The minimum Gasteiger partial charge on any atom is -0.506 e. The van der Waals surface area contributed by atoms with Crippen molar-refractivity contribution in [2.24, 2.45) is 0 Å². The average Bonchev–Trinajstić information content (AvgIpc) is 2.38. The Kier molecular flexibility index (Phi) is 8.16. The number of rotatable bonds is 8. The SMILES string of the molecule is CCCCCCC(CC(=O)O)c1cc(I)c(O)c(I)c1. The summed E-state index contributed by atoms with van der Waals surface area (Å²) in [5, 5.41) is 18.9. The Morgan fingerprint density at radius 1 is 1.20 bits per heavy atom. The van der Waals surface area contributed by atoms with E-state index in [0.717, 1.165) is 32.0 Å². The topological polar surface area (TPSA) is 57.5 Å². The lowest BCUT2D eigenvalue weighted by molar-refractivity contribution is -0.137. The Labute approximate surface area is 147 Å². The number of carboxylic acids is 1. The molecule has 0 aromatic heterocycles. The van der Waals surface area contributed by atoms with Crippen molar-refractivity contribution in [2.75, 3.05) is 0 Å². The Morgan fingerprint density at radius 2 is 1.80 bits per heavy atom. The van der Waals surface area contributed by atoms with Gasteiger partial charge in [-0.05, 0) is 75.2 Å². The standard InChI is InChI=1S/C15H20I2O3/c1-2-3-4-5-6-10(9-14(18)19)11-7-12(16)15(20)13(17)8-11/h7-8,10,20H,2-6,9H2,1H3,(H,18,19). The molecule has 0 amide bonds. The highest BCUT2D eigenvalue weighted by atomic mass is 127. The normalized spacial score (nSPS) is 12.3. The second-order valence-corrected chi connectivity index (χ2v) is 7.30. The van der Waals surface area contributed by atoms with Gasteiger partial charge >= 0.3 is 5.97 Å². The van der Waals surface area contributed by atoms with Crippen LogP contribution in [0, 0.1) is 7.14 Å². The van der Waals surface area contributed by atoms with Crippen LogP contribution in [0.1, 0.15) is 56.9 Å². The summed E-state index contributed by atoms with van der Waals surface area (Å²) >= 11 is 4.18. The van der Waals surface area contributed by atoms with Crippen molar-refractivity contribution in [1.82, 2.24) is 0 Å². The summed E-state index contributed by atoms with van der Waals surface area (Å²) in [5.74, 6) is -0.439. The summed E-state index contributed by atoms with van der Waals surface area (Å²) < 4.78 is 1.57. The quantitative estimate of drug-likeness (QED) is 0.383. The molecule has 0 fully saturated rings. The van der Waals surface area contributed by atoms with Gasteiger partial charge in [0, 0.05) is 0 Å². The fourth-order valence-corrected chi connectivity index (χ4v) is 4.05. The van der Waals surface area contributed by atoms with E-state index in [0.29, 0.717) is 0 Å². The highest BCUT2D eigenvalue weighted by Gasteiger charge is 2.18. The molecule has 0 heterocycles. The van der Waals surface area contributed by atoms with Crippen molar-refractivity contribution >= 4 is 51.2 Å². The molecule has 0 saturated carbocycles. The summed E-state index contributed by atoms with van der Waals surface area (Å²) in [5.41, 5.74) is 1.02. The molecule has 0 spiro atoms. The lowest BCUT2D eigenvalue weighted by atomic mass is 9.90. The van der Waals surface area contributed by atoms with E-state index in [9.17, 15) is 9.90 Å². The van der Waals surface area contributed by atoms with Crippen LogP contribution in [0.5, 0.6) is 5.75 Å². The van der Waals surface area contributed by atoms with Gasteiger partial charge in [0.15, 0.2) is 0 Å². The maximum atomic E-state index is 11.1. The molecule has 0 bridgehead atoms. The first-order valence-corrected chi connectivity index (χ1v) is 9.01. The first kappa shape index (κ1) is 18.0. The summed E-state index contributed by atoms with van der Waals surface area (Å²) in [6, 6.07) is 3.82. The van der Waals surface area contributed by atoms with E-state index < -0.39 is 5.97 Å². The molecule has 0 aliphatic heterocycles. The molecule has 112 valence electrons. The zero-order valence-corrected chi connectivity index (χ0v) is 15.8. The van der Waals surface area contributed by atoms with Crippen LogP contribution in [-0.2, 0) is 4.79 Å². The Bertz CT molecular complexity index is 437. The summed E-state index contributed by atoms with van der Waals surface area (Å²) in [6.07, 6.45) is 5.63. The van der Waals surface area contributed by atoms with Crippen LogP contribution in [-0.4, -0.2) is 16.2 Å². The smallest absolute Gasteiger partial charge is 0.303 e. The Hall–Kier alpha value is -0.0500. The van der Waals surface area contributed by atoms with Gasteiger partial charge in [0.1, 0.15) is 5.75 Å². The molecule has 2 N–H and O–H groups in total. The molecule has 1 rings (SSSR count). The number of phenolic OH excluding ortho intramolecular Hbond substituents is 1. The van der Waals surface area contributed by atoms with Crippen LogP contribution in [0.15, 0.2) is 12.1 Å². The van der Waals surface area contributed by atoms with Crippen LogP contribution >= 0.6 is 45.2 Å². The molecular formula is C15H20I2O3. The first-order valence-electron chi connectivity index (χ1n) is 6.85. The number of hydrogen-bond donors (Lipinski definition) is 2. The third kappa shape index (κ3) is 5.75. The Balaban J connectivity index is 2.84. The second-order valence-electron chi connectivity index (χ2n) is 4.98. The highest BCUT2D eigenvalue weighted by Crippen LogP contribution is 2.33. The number of phenols is 1. The number of carboxylic acid groups (broad SMARTS) is 1. The van der Waals surface area contributed by atoms with Crippen LogP contribution < -0.4 is 0 Å². The molecule has 0 saturated heterocycles.